The zero-order valence-corrected chi connectivity index (χ0v) is 9.73. The maximum absolute atomic E-state index is 11.7. The van der Waals surface area contributed by atoms with Crippen LogP contribution < -0.4 is 0 Å². The summed E-state index contributed by atoms with van der Waals surface area (Å²) >= 11 is 0. The van der Waals surface area contributed by atoms with Crippen molar-refractivity contribution >= 4 is 20.2 Å². The average Bonchev–Trinajstić information content (AvgIpc) is 2.12. The summed E-state index contributed by atoms with van der Waals surface area (Å²) in [6, 6.07) is 0. The van der Waals surface area contributed by atoms with Crippen LogP contribution in [0.5, 0.6) is 0 Å². The molecule has 0 amide bonds. The largest absolute Gasteiger partial charge is 0.523 e. The molecule has 0 unspecified atom stereocenters. The Labute approximate surface area is 96.0 Å². The SMILES string of the molecule is C#CCOS(=O)(=O)CCOS(=O)(=O)C(F)(F)F. The van der Waals surface area contributed by atoms with Gasteiger partial charge in [0, 0.05) is 0 Å². The van der Waals surface area contributed by atoms with Crippen molar-refractivity contribution in [1.29, 1.82) is 0 Å². The predicted octanol–water partition coefficient (Wildman–Crippen LogP) is -0.168. The van der Waals surface area contributed by atoms with Gasteiger partial charge >= 0.3 is 15.6 Å². The van der Waals surface area contributed by atoms with E-state index in [9.17, 15) is 30.0 Å². The molecule has 0 aliphatic heterocycles. The maximum atomic E-state index is 11.7. The van der Waals surface area contributed by atoms with Crippen LogP contribution in [0.3, 0.4) is 0 Å². The molecule has 0 radical (unpaired) electrons. The van der Waals surface area contributed by atoms with Gasteiger partial charge in [-0.25, -0.2) is 0 Å². The summed E-state index contributed by atoms with van der Waals surface area (Å²) in [4.78, 5) is 0. The molecule has 0 N–H and O–H groups in total. The molecule has 0 saturated heterocycles. The zero-order valence-electron chi connectivity index (χ0n) is 8.10. The van der Waals surface area contributed by atoms with Crippen molar-refractivity contribution in [1.82, 2.24) is 0 Å². The van der Waals surface area contributed by atoms with E-state index < -0.39 is 44.7 Å². The maximum Gasteiger partial charge on any atom is 0.523 e. The van der Waals surface area contributed by atoms with E-state index in [1.54, 1.807) is 0 Å². The molecule has 0 saturated carbocycles. The van der Waals surface area contributed by atoms with Crippen LogP contribution in [0.1, 0.15) is 0 Å². The third kappa shape index (κ3) is 5.87. The molecular formula is C6H7F3O6S2. The molecule has 0 heterocycles. The Kier molecular flexibility index (Phi) is 5.40. The van der Waals surface area contributed by atoms with Crippen molar-refractivity contribution in [3.8, 4) is 12.3 Å². The van der Waals surface area contributed by atoms with E-state index in [1.165, 1.54) is 0 Å². The van der Waals surface area contributed by atoms with E-state index in [0.717, 1.165) is 0 Å². The molecule has 0 bridgehead atoms. The molecule has 0 aromatic rings. The molecule has 0 spiro atoms. The van der Waals surface area contributed by atoms with Crippen LogP contribution in [0.15, 0.2) is 0 Å². The quantitative estimate of drug-likeness (QED) is 0.384. The zero-order chi connectivity index (χ0) is 13.7. The lowest BCUT2D eigenvalue weighted by Crippen LogP contribution is -2.28. The fraction of sp³-hybridized carbons (Fsp3) is 0.667. The molecule has 11 heteroatoms. The molecule has 0 aromatic carbocycles. The summed E-state index contributed by atoms with van der Waals surface area (Å²) in [5.74, 6) is 0.749. The highest BCUT2D eigenvalue weighted by Crippen LogP contribution is 2.24. The Hall–Kier alpha value is -0.830. The van der Waals surface area contributed by atoms with Crippen LogP contribution in [-0.2, 0) is 28.6 Å². The van der Waals surface area contributed by atoms with Gasteiger partial charge in [-0.15, -0.1) is 6.42 Å². The standard InChI is InChI=1S/C6H7F3O6S2/c1-2-3-14-16(10,11)5-4-15-17(12,13)6(7,8)9/h1H,3-5H2. The smallest absolute Gasteiger partial charge is 0.262 e. The van der Waals surface area contributed by atoms with E-state index >= 15 is 0 Å². The number of alkyl halides is 3. The Morgan fingerprint density at radius 2 is 1.65 bits per heavy atom. The number of rotatable bonds is 6. The van der Waals surface area contributed by atoms with Crippen LogP contribution in [-0.4, -0.2) is 41.3 Å². The highest BCUT2D eigenvalue weighted by Gasteiger charge is 2.47. The fourth-order valence-electron chi connectivity index (χ4n) is 0.495. The molecule has 6 nitrogen and oxygen atoms in total. The molecule has 0 fully saturated rings. The lowest BCUT2D eigenvalue weighted by Gasteiger charge is -2.08. The van der Waals surface area contributed by atoms with Gasteiger partial charge in [0.15, 0.2) is 0 Å². The van der Waals surface area contributed by atoms with Crippen molar-refractivity contribution in [3.05, 3.63) is 0 Å². The second-order valence-electron chi connectivity index (χ2n) is 2.45. The van der Waals surface area contributed by atoms with Crippen molar-refractivity contribution in [2.24, 2.45) is 0 Å². The second-order valence-corrected chi connectivity index (χ2v) is 5.82. The van der Waals surface area contributed by atoms with Crippen LogP contribution in [0.2, 0.25) is 0 Å². The lowest BCUT2D eigenvalue weighted by atomic mass is 10.8. The third-order valence-electron chi connectivity index (χ3n) is 1.18. The van der Waals surface area contributed by atoms with E-state index in [4.69, 9.17) is 0 Å². The van der Waals surface area contributed by atoms with Crippen molar-refractivity contribution in [2.75, 3.05) is 19.0 Å². The number of hydrogen-bond donors (Lipinski definition) is 0. The third-order valence-corrected chi connectivity index (χ3v) is 3.36. The minimum atomic E-state index is -5.80. The van der Waals surface area contributed by atoms with E-state index in [2.05, 4.69) is 14.8 Å². The Balaban J connectivity index is 4.32. The predicted molar refractivity (Wildman–Crippen MR) is 49.5 cm³/mol. The van der Waals surface area contributed by atoms with Gasteiger partial charge in [-0.05, 0) is 0 Å². The van der Waals surface area contributed by atoms with Gasteiger partial charge in [0.25, 0.3) is 10.1 Å². The number of halogens is 3. The summed E-state index contributed by atoms with van der Waals surface area (Å²) in [7, 11) is -10.0. The normalized spacial score (nSPS) is 13.3. The number of terminal acetylenes is 1. The first-order valence-electron chi connectivity index (χ1n) is 3.78. The highest BCUT2D eigenvalue weighted by molar-refractivity contribution is 7.88. The molecule has 17 heavy (non-hydrogen) atoms. The minimum absolute atomic E-state index is 0.603. The first kappa shape index (κ1) is 16.2. The van der Waals surface area contributed by atoms with Gasteiger partial charge in [-0.2, -0.15) is 30.0 Å². The van der Waals surface area contributed by atoms with Crippen LogP contribution in [0.4, 0.5) is 13.2 Å². The van der Waals surface area contributed by atoms with Gasteiger partial charge < -0.3 is 0 Å². The fourth-order valence-corrected chi connectivity index (χ4v) is 1.69. The topological polar surface area (TPSA) is 86.7 Å². The molecule has 0 aliphatic carbocycles. The summed E-state index contributed by atoms with van der Waals surface area (Å²) < 4.78 is 85.1. The summed E-state index contributed by atoms with van der Waals surface area (Å²) in [6.07, 6.45) is 4.68. The summed E-state index contributed by atoms with van der Waals surface area (Å²) in [5.41, 5.74) is -5.60. The van der Waals surface area contributed by atoms with Crippen LogP contribution >= 0.6 is 0 Å². The van der Waals surface area contributed by atoms with Gasteiger partial charge in [0.2, 0.25) is 0 Å². The Bertz CT molecular complexity index is 483. The molecule has 0 aromatic heterocycles. The average molecular weight is 296 g/mol. The first-order chi connectivity index (χ1) is 7.52. The van der Waals surface area contributed by atoms with Crippen LogP contribution in [0.25, 0.3) is 0 Å². The van der Waals surface area contributed by atoms with E-state index in [1.807, 2.05) is 5.92 Å². The van der Waals surface area contributed by atoms with Gasteiger partial charge in [-0.3, -0.25) is 8.37 Å². The lowest BCUT2D eigenvalue weighted by molar-refractivity contribution is -0.0538. The minimum Gasteiger partial charge on any atom is -0.262 e. The molecule has 0 rings (SSSR count). The highest BCUT2D eigenvalue weighted by atomic mass is 32.2. The van der Waals surface area contributed by atoms with Crippen molar-refractivity contribution in [2.45, 2.75) is 5.51 Å². The number of hydrogen-bond acceptors (Lipinski definition) is 6. The van der Waals surface area contributed by atoms with Crippen molar-refractivity contribution < 1.29 is 38.4 Å². The van der Waals surface area contributed by atoms with Gasteiger partial charge in [-0.1, -0.05) is 5.92 Å². The molecule has 0 aliphatic rings. The monoisotopic (exact) mass is 296 g/mol. The molecule has 100 valence electrons. The Morgan fingerprint density at radius 3 is 2.06 bits per heavy atom. The molecule has 0 atom stereocenters. The summed E-state index contributed by atoms with van der Waals surface area (Å²) in [5, 5.41) is 0. The van der Waals surface area contributed by atoms with Crippen LogP contribution in [0, 0.1) is 12.3 Å². The molecular weight excluding hydrogens is 289 g/mol. The van der Waals surface area contributed by atoms with Gasteiger partial charge in [0.05, 0.1) is 6.61 Å². The van der Waals surface area contributed by atoms with Gasteiger partial charge in [0.1, 0.15) is 12.4 Å². The van der Waals surface area contributed by atoms with E-state index in [-0.39, 0.29) is 0 Å². The summed E-state index contributed by atoms with van der Waals surface area (Å²) in [6.45, 7) is -1.82. The second kappa shape index (κ2) is 5.67. The van der Waals surface area contributed by atoms with Crippen molar-refractivity contribution in [3.63, 3.8) is 0 Å². The first-order valence-corrected chi connectivity index (χ1v) is 6.76. The Morgan fingerprint density at radius 1 is 1.12 bits per heavy atom. The van der Waals surface area contributed by atoms with E-state index in [0.29, 0.717) is 0 Å².